The summed E-state index contributed by atoms with van der Waals surface area (Å²) in [4.78, 5) is 7.48. The van der Waals surface area contributed by atoms with Crippen molar-refractivity contribution in [1.29, 1.82) is 0 Å². The van der Waals surface area contributed by atoms with Gasteiger partial charge in [-0.05, 0) is 99.7 Å². The smallest absolute Gasteiger partial charge is 0.198 e. The minimum atomic E-state index is -0.449. The predicted octanol–water partition coefficient (Wildman–Crippen LogP) is 4.33. The lowest BCUT2D eigenvalue weighted by atomic mass is 9.61. The van der Waals surface area contributed by atoms with Crippen LogP contribution in [0.5, 0.6) is 0 Å². The maximum absolute atomic E-state index is 11.3. The summed E-state index contributed by atoms with van der Waals surface area (Å²) in [6, 6.07) is 6.33. The summed E-state index contributed by atoms with van der Waals surface area (Å²) >= 11 is 0. The number of allylic oxidation sites excluding steroid dienone is 3. The van der Waals surface area contributed by atoms with Crippen LogP contribution in [0.25, 0.3) is 16.6 Å². The molecule has 6 heteroatoms. The molecule has 0 spiro atoms. The Balaban J connectivity index is 0.000000764. The number of aromatic nitrogens is 2. The molecule has 0 radical (unpaired) electrons. The lowest BCUT2D eigenvalue weighted by Crippen LogP contribution is -2.37. The van der Waals surface area contributed by atoms with Gasteiger partial charge in [-0.15, -0.1) is 0 Å². The fraction of sp³-hybridized carbons (Fsp3) is 0.536. The molecule has 4 aliphatic rings. The van der Waals surface area contributed by atoms with Crippen LogP contribution in [-0.2, 0) is 0 Å². The van der Waals surface area contributed by atoms with Gasteiger partial charge in [0.15, 0.2) is 5.95 Å². The molecule has 34 heavy (non-hydrogen) atoms. The van der Waals surface area contributed by atoms with Gasteiger partial charge in [-0.2, -0.15) is 0 Å². The number of hydrogen-bond acceptors (Lipinski definition) is 5. The topological polar surface area (TPSA) is 107 Å². The summed E-state index contributed by atoms with van der Waals surface area (Å²) in [7, 11) is 3.75. The number of aromatic amines is 1. The van der Waals surface area contributed by atoms with Crippen LogP contribution in [0, 0.1) is 17.3 Å². The van der Waals surface area contributed by atoms with E-state index in [-0.39, 0.29) is 11.5 Å². The van der Waals surface area contributed by atoms with Crippen LogP contribution in [0.1, 0.15) is 57.4 Å². The fourth-order valence-corrected chi connectivity index (χ4v) is 6.93. The lowest BCUT2D eigenvalue weighted by molar-refractivity contribution is 0.124. The maximum Gasteiger partial charge on any atom is 0.198 e. The van der Waals surface area contributed by atoms with E-state index >= 15 is 0 Å². The summed E-state index contributed by atoms with van der Waals surface area (Å²) in [6.45, 7) is 2.34. The molecule has 6 rings (SSSR count). The first-order valence-electron chi connectivity index (χ1n) is 12.7. The molecule has 1 heterocycles. The number of nitrogen functional groups attached to an aromatic ring is 1. The average molecular weight is 463 g/mol. The highest BCUT2D eigenvalue weighted by Crippen LogP contribution is 2.59. The molecule has 0 bridgehead atoms. The number of anilines is 1. The van der Waals surface area contributed by atoms with Gasteiger partial charge in [0.2, 0.25) is 0 Å². The Labute approximate surface area is 202 Å². The molecule has 6 N–H and O–H groups in total. The van der Waals surface area contributed by atoms with Crippen LogP contribution < -0.4 is 11.1 Å². The van der Waals surface area contributed by atoms with E-state index in [1.165, 1.54) is 22.3 Å². The van der Waals surface area contributed by atoms with E-state index in [0.717, 1.165) is 61.6 Å². The van der Waals surface area contributed by atoms with Crippen LogP contribution in [0.2, 0.25) is 0 Å². The van der Waals surface area contributed by atoms with E-state index in [1.54, 1.807) is 0 Å². The van der Waals surface area contributed by atoms with Crippen molar-refractivity contribution in [2.24, 2.45) is 17.3 Å². The van der Waals surface area contributed by atoms with E-state index in [1.807, 2.05) is 20.2 Å². The molecular weight excluding hydrogens is 424 g/mol. The highest BCUT2D eigenvalue weighted by molar-refractivity contribution is 5.84. The number of nitrogens with zero attached hydrogens (tertiary/aromatic N) is 1. The maximum atomic E-state index is 11.3. The summed E-state index contributed by atoms with van der Waals surface area (Å²) in [5, 5.41) is 24.3. The molecular formula is C28H38N4O2. The second kappa shape index (κ2) is 8.99. The standard InChI is InChI=1S/C26H31N3O2.C2H7N/c1-26-13-24(31)19-11-16-10-17(30)5-2-14(16)3-6-18(19)21(26)8-7-20(26)15-4-9-22-23(12-15)29-25(27)28-22;1-3-2/h4,7,9,11-12,14,17,21,24,30-31H,2-3,5-6,8,10,13H2,1H3,(H3,27,28,29);3H,1-2H3. The SMILES string of the molecule is CC12CC(O)C3=C(CCC4CCC(O)CC4=C3)C1CC=C2c1ccc2nc(N)[nH]c2c1.CNC. The number of nitrogens with two attached hydrogens (primary N) is 1. The van der Waals surface area contributed by atoms with E-state index in [4.69, 9.17) is 5.73 Å². The summed E-state index contributed by atoms with van der Waals surface area (Å²) in [6.07, 6.45) is 10.7. The van der Waals surface area contributed by atoms with E-state index < -0.39 is 6.10 Å². The molecule has 0 aliphatic heterocycles. The first kappa shape index (κ1) is 23.3. The van der Waals surface area contributed by atoms with Gasteiger partial charge >= 0.3 is 0 Å². The van der Waals surface area contributed by atoms with Crippen molar-refractivity contribution in [1.82, 2.24) is 15.3 Å². The molecule has 1 aromatic heterocycles. The van der Waals surface area contributed by atoms with Crippen molar-refractivity contribution in [2.75, 3.05) is 19.8 Å². The highest BCUT2D eigenvalue weighted by Gasteiger charge is 2.49. The largest absolute Gasteiger partial charge is 0.393 e. The Kier molecular flexibility index (Phi) is 6.17. The minimum absolute atomic E-state index is 0.0783. The molecule has 5 unspecified atom stereocenters. The summed E-state index contributed by atoms with van der Waals surface area (Å²) in [5.41, 5.74) is 14.1. The molecule has 5 atom stereocenters. The van der Waals surface area contributed by atoms with Gasteiger partial charge < -0.3 is 26.2 Å². The Morgan fingerprint density at radius 1 is 1.18 bits per heavy atom. The van der Waals surface area contributed by atoms with Crippen molar-refractivity contribution in [2.45, 2.75) is 64.1 Å². The van der Waals surface area contributed by atoms with Crippen molar-refractivity contribution < 1.29 is 10.2 Å². The van der Waals surface area contributed by atoms with E-state index in [0.29, 0.717) is 17.8 Å². The monoisotopic (exact) mass is 462 g/mol. The van der Waals surface area contributed by atoms with Crippen molar-refractivity contribution in [3.05, 3.63) is 52.6 Å². The van der Waals surface area contributed by atoms with Crippen molar-refractivity contribution in [3.8, 4) is 0 Å². The summed E-state index contributed by atoms with van der Waals surface area (Å²) < 4.78 is 0. The van der Waals surface area contributed by atoms with Gasteiger partial charge in [0.25, 0.3) is 0 Å². The molecule has 6 nitrogen and oxygen atoms in total. The van der Waals surface area contributed by atoms with E-state index in [9.17, 15) is 10.2 Å². The normalized spacial score (nSPS) is 32.6. The van der Waals surface area contributed by atoms with Gasteiger partial charge in [-0.3, -0.25) is 0 Å². The first-order valence-corrected chi connectivity index (χ1v) is 12.7. The Hall–Kier alpha value is -2.41. The van der Waals surface area contributed by atoms with Gasteiger partial charge in [0.1, 0.15) is 0 Å². The number of hydrogen-bond donors (Lipinski definition) is 5. The van der Waals surface area contributed by atoms with Gasteiger partial charge in [0.05, 0.1) is 23.2 Å². The Morgan fingerprint density at radius 3 is 2.76 bits per heavy atom. The number of rotatable bonds is 1. The molecule has 2 aromatic rings. The molecule has 182 valence electrons. The molecule has 0 amide bonds. The van der Waals surface area contributed by atoms with Crippen molar-refractivity contribution >= 4 is 22.6 Å². The summed E-state index contributed by atoms with van der Waals surface area (Å²) in [5.74, 6) is 1.44. The molecule has 4 aliphatic carbocycles. The molecule has 0 saturated heterocycles. The van der Waals surface area contributed by atoms with Crippen LogP contribution in [0.3, 0.4) is 0 Å². The predicted molar refractivity (Wildman–Crippen MR) is 138 cm³/mol. The fourth-order valence-electron chi connectivity index (χ4n) is 6.93. The van der Waals surface area contributed by atoms with E-state index in [2.05, 4.69) is 46.5 Å². The third kappa shape index (κ3) is 3.92. The van der Waals surface area contributed by atoms with Crippen LogP contribution >= 0.6 is 0 Å². The zero-order chi connectivity index (χ0) is 24.0. The zero-order valence-corrected chi connectivity index (χ0v) is 20.6. The quantitative estimate of drug-likeness (QED) is 0.434. The lowest BCUT2D eigenvalue weighted by Gasteiger charge is -2.43. The number of fused-ring (bicyclic) bond motifs is 4. The second-order valence-electron chi connectivity index (χ2n) is 10.8. The highest BCUT2D eigenvalue weighted by atomic mass is 16.3. The third-order valence-corrected chi connectivity index (χ3v) is 8.47. The third-order valence-electron chi connectivity index (χ3n) is 8.47. The van der Waals surface area contributed by atoms with Gasteiger partial charge in [-0.25, -0.2) is 4.98 Å². The number of imidazole rings is 1. The first-order chi connectivity index (χ1) is 16.3. The number of nitrogens with one attached hydrogen (secondary N) is 2. The number of H-pyrrole nitrogens is 1. The minimum Gasteiger partial charge on any atom is -0.393 e. The van der Waals surface area contributed by atoms with Gasteiger partial charge in [-0.1, -0.05) is 36.3 Å². The average Bonchev–Trinajstić information content (AvgIpc) is 3.26. The molecule has 1 fully saturated rings. The van der Waals surface area contributed by atoms with Gasteiger partial charge in [0, 0.05) is 5.41 Å². The number of benzene rings is 1. The van der Waals surface area contributed by atoms with Crippen LogP contribution in [0.4, 0.5) is 5.95 Å². The second-order valence-corrected chi connectivity index (χ2v) is 10.8. The van der Waals surface area contributed by atoms with Crippen molar-refractivity contribution in [3.63, 3.8) is 0 Å². The Morgan fingerprint density at radius 2 is 1.97 bits per heavy atom. The van der Waals surface area contributed by atoms with Crippen LogP contribution in [-0.4, -0.2) is 46.5 Å². The number of aliphatic hydroxyl groups excluding tert-OH is 2. The molecule has 1 saturated carbocycles. The molecule has 1 aromatic carbocycles. The Bertz CT molecular complexity index is 1180. The number of aliphatic hydroxyl groups is 2. The van der Waals surface area contributed by atoms with Crippen LogP contribution in [0.15, 0.2) is 47.1 Å². The zero-order valence-electron chi connectivity index (χ0n) is 20.6.